The highest BCUT2D eigenvalue weighted by molar-refractivity contribution is 7.18. The maximum Gasteiger partial charge on any atom is 0.268 e. The Bertz CT molecular complexity index is 527. The van der Waals surface area contributed by atoms with Crippen LogP contribution < -0.4 is 16.4 Å². The lowest BCUT2D eigenvalue weighted by Gasteiger charge is -2.25. The van der Waals surface area contributed by atoms with Gasteiger partial charge in [0.15, 0.2) is 5.13 Å². The first-order valence-corrected chi connectivity index (χ1v) is 7.89. The van der Waals surface area contributed by atoms with Gasteiger partial charge in [0.2, 0.25) is 5.91 Å². The van der Waals surface area contributed by atoms with Gasteiger partial charge in [-0.25, -0.2) is 4.98 Å². The van der Waals surface area contributed by atoms with E-state index in [1.165, 1.54) is 22.7 Å². The number of nitrogens with two attached hydrogens (primary N) is 1. The van der Waals surface area contributed by atoms with Crippen LogP contribution in [0.15, 0.2) is 0 Å². The summed E-state index contributed by atoms with van der Waals surface area (Å²) in [4.78, 5) is 29.9. The van der Waals surface area contributed by atoms with E-state index in [0.717, 1.165) is 12.8 Å². The normalized spacial score (nSPS) is 14.4. The Morgan fingerprint density at radius 1 is 1.48 bits per heavy atom. The van der Waals surface area contributed by atoms with E-state index >= 15 is 0 Å². The molecule has 0 spiro atoms. The van der Waals surface area contributed by atoms with Crippen LogP contribution in [0.4, 0.5) is 10.9 Å². The lowest BCUT2D eigenvalue weighted by Crippen LogP contribution is -2.39. The van der Waals surface area contributed by atoms with Crippen LogP contribution in [-0.2, 0) is 4.79 Å². The number of likely N-dealkylation sites (N-methyl/N-ethyl adjacent to an activating group) is 2. The summed E-state index contributed by atoms with van der Waals surface area (Å²) in [5.41, 5.74) is 5.84. The molecule has 1 saturated carbocycles. The molecule has 2 amide bonds. The predicted octanol–water partition coefficient (Wildman–Crippen LogP) is 0.898. The third-order valence-corrected chi connectivity index (χ3v) is 4.55. The van der Waals surface area contributed by atoms with Crippen LogP contribution in [0.2, 0.25) is 0 Å². The zero-order valence-electron chi connectivity index (χ0n) is 12.3. The molecule has 4 N–H and O–H groups in total. The SMILES string of the molecule is CCN(CC(=O)NC)C(=O)c1sc(NC2CCC2)nc1N. The molecule has 0 bridgehead atoms. The molecule has 0 atom stereocenters. The summed E-state index contributed by atoms with van der Waals surface area (Å²) < 4.78 is 0. The van der Waals surface area contributed by atoms with Gasteiger partial charge in [0.05, 0.1) is 6.54 Å². The number of carbonyl (C=O) groups excluding carboxylic acids is 2. The highest BCUT2D eigenvalue weighted by Crippen LogP contribution is 2.30. The molecule has 0 unspecified atom stereocenters. The molecule has 0 aliphatic heterocycles. The van der Waals surface area contributed by atoms with Gasteiger partial charge in [-0.3, -0.25) is 9.59 Å². The van der Waals surface area contributed by atoms with Crippen LogP contribution in [0.5, 0.6) is 0 Å². The van der Waals surface area contributed by atoms with Crippen LogP contribution in [0.25, 0.3) is 0 Å². The zero-order chi connectivity index (χ0) is 15.4. The number of anilines is 2. The Balaban J connectivity index is 2.07. The number of amides is 2. The third kappa shape index (κ3) is 3.63. The van der Waals surface area contributed by atoms with Crippen LogP contribution in [-0.4, -0.2) is 47.9 Å². The van der Waals surface area contributed by atoms with E-state index in [0.29, 0.717) is 22.6 Å². The largest absolute Gasteiger partial charge is 0.382 e. The van der Waals surface area contributed by atoms with Crippen molar-refractivity contribution in [1.82, 2.24) is 15.2 Å². The van der Waals surface area contributed by atoms with E-state index in [1.54, 1.807) is 7.05 Å². The fourth-order valence-electron chi connectivity index (χ4n) is 2.00. The van der Waals surface area contributed by atoms with Gasteiger partial charge in [0.25, 0.3) is 5.91 Å². The summed E-state index contributed by atoms with van der Waals surface area (Å²) in [7, 11) is 1.54. The number of aromatic nitrogens is 1. The van der Waals surface area contributed by atoms with Crippen molar-refractivity contribution in [2.24, 2.45) is 0 Å². The number of hydrogen-bond donors (Lipinski definition) is 3. The Labute approximate surface area is 127 Å². The van der Waals surface area contributed by atoms with Gasteiger partial charge in [-0.2, -0.15) is 0 Å². The van der Waals surface area contributed by atoms with Crippen molar-refractivity contribution >= 4 is 34.1 Å². The lowest BCUT2D eigenvalue weighted by atomic mass is 9.93. The Hall–Kier alpha value is -1.83. The van der Waals surface area contributed by atoms with E-state index in [9.17, 15) is 9.59 Å². The highest BCUT2D eigenvalue weighted by Gasteiger charge is 2.24. The van der Waals surface area contributed by atoms with Gasteiger partial charge in [0, 0.05) is 19.6 Å². The van der Waals surface area contributed by atoms with Gasteiger partial charge in [-0.1, -0.05) is 11.3 Å². The number of carbonyl (C=O) groups is 2. The highest BCUT2D eigenvalue weighted by atomic mass is 32.1. The molecule has 1 aromatic heterocycles. The minimum absolute atomic E-state index is 0.0224. The first-order chi connectivity index (χ1) is 10.0. The quantitative estimate of drug-likeness (QED) is 0.724. The molecule has 0 saturated heterocycles. The summed E-state index contributed by atoms with van der Waals surface area (Å²) in [6.07, 6.45) is 3.47. The molecule has 1 heterocycles. The average molecular weight is 311 g/mol. The summed E-state index contributed by atoms with van der Waals surface area (Å²) >= 11 is 1.25. The second kappa shape index (κ2) is 6.75. The molecule has 1 aliphatic rings. The Morgan fingerprint density at radius 2 is 2.19 bits per heavy atom. The molecular formula is C13H21N5O2S. The summed E-state index contributed by atoms with van der Waals surface area (Å²) in [6.45, 7) is 2.29. The molecule has 21 heavy (non-hydrogen) atoms. The number of nitrogens with zero attached hydrogens (tertiary/aromatic N) is 2. The van der Waals surface area contributed by atoms with Gasteiger partial charge < -0.3 is 21.3 Å². The van der Waals surface area contributed by atoms with Crippen LogP contribution >= 0.6 is 11.3 Å². The molecule has 0 aromatic carbocycles. The van der Waals surface area contributed by atoms with Crippen molar-refractivity contribution < 1.29 is 9.59 Å². The molecule has 8 heteroatoms. The van der Waals surface area contributed by atoms with Crippen molar-refractivity contribution in [3.8, 4) is 0 Å². The maximum atomic E-state index is 12.4. The molecule has 2 rings (SSSR count). The van der Waals surface area contributed by atoms with Crippen molar-refractivity contribution in [2.45, 2.75) is 32.2 Å². The number of rotatable bonds is 6. The summed E-state index contributed by atoms with van der Waals surface area (Å²) in [5, 5.41) is 6.47. The number of thiazole rings is 1. The summed E-state index contributed by atoms with van der Waals surface area (Å²) in [6, 6.07) is 0.437. The van der Waals surface area contributed by atoms with Gasteiger partial charge in [0.1, 0.15) is 10.7 Å². The molecule has 116 valence electrons. The zero-order valence-corrected chi connectivity index (χ0v) is 13.1. The standard InChI is InChI=1S/C13H21N5O2S/c1-3-18(7-9(19)15-2)12(20)10-11(14)17-13(21-10)16-8-5-4-6-8/h8H,3-7,14H2,1-2H3,(H,15,19)(H,16,17). The first-order valence-electron chi connectivity index (χ1n) is 7.07. The topological polar surface area (TPSA) is 100 Å². The van der Waals surface area contributed by atoms with Crippen LogP contribution in [0, 0.1) is 0 Å². The molecular weight excluding hydrogens is 290 g/mol. The van der Waals surface area contributed by atoms with Crippen LogP contribution in [0.1, 0.15) is 35.9 Å². The van der Waals surface area contributed by atoms with Gasteiger partial charge >= 0.3 is 0 Å². The van der Waals surface area contributed by atoms with Crippen molar-refractivity contribution in [1.29, 1.82) is 0 Å². The lowest BCUT2D eigenvalue weighted by molar-refractivity contribution is -0.121. The van der Waals surface area contributed by atoms with Crippen LogP contribution in [0.3, 0.4) is 0 Å². The second-order valence-corrected chi connectivity index (χ2v) is 6.00. The van der Waals surface area contributed by atoms with Gasteiger partial charge in [-0.05, 0) is 26.2 Å². The molecule has 0 radical (unpaired) electrons. The number of nitrogens with one attached hydrogen (secondary N) is 2. The van der Waals surface area contributed by atoms with E-state index in [4.69, 9.17) is 5.73 Å². The monoisotopic (exact) mass is 311 g/mol. The third-order valence-electron chi connectivity index (χ3n) is 3.56. The first kappa shape index (κ1) is 15.6. The van der Waals surface area contributed by atoms with E-state index in [-0.39, 0.29) is 24.2 Å². The minimum Gasteiger partial charge on any atom is -0.382 e. The Morgan fingerprint density at radius 3 is 2.71 bits per heavy atom. The smallest absolute Gasteiger partial charge is 0.268 e. The van der Waals surface area contributed by atoms with Crippen molar-refractivity contribution in [2.75, 3.05) is 31.2 Å². The molecule has 1 aliphatic carbocycles. The van der Waals surface area contributed by atoms with Gasteiger partial charge in [-0.15, -0.1) is 0 Å². The fraction of sp³-hybridized carbons (Fsp3) is 0.615. The Kier molecular flexibility index (Phi) is 5.00. The summed E-state index contributed by atoms with van der Waals surface area (Å²) in [5.74, 6) is -0.235. The van der Waals surface area contributed by atoms with Crippen molar-refractivity contribution in [3.63, 3.8) is 0 Å². The average Bonchev–Trinajstić information content (AvgIpc) is 2.80. The van der Waals surface area contributed by atoms with E-state index in [1.807, 2.05) is 6.92 Å². The minimum atomic E-state index is -0.252. The maximum absolute atomic E-state index is 12.4. The van der Waals surface area contributed by atoms with E-state index < -0.39 is 0 Å². The second-order valence-electron chi connectivity index (χ2n) is 5.00. The van der Waals surface area contributed by atoms with E-state index in [2.05, 4.69) is 15.6 Å². The molecule has 1 aromatic rings. The fourth-order valence-corrected chi connectivity index (χ4v) is 2.93. The number of nitrogen functional groups attached to an aromatic ring is 1. The predicted molar refractivity (Wildman–Crippen MR) is 83.4 cm³/mol. The molecule has 7 nitrogen and oxygen atoms in total. The van der Waals surface area contributed by atoms with Crippen molar-refractivity contribution in [3.05, 3.63) is 4.88 Å². The number of hydrogen-bond acceptors (Lipinski definition) is 6. The molecule has 1 fully saturated rings.